The van der Waals surface area contributed by atoms with Crippen molar-refractivity contribution in [3.63, 3.8) is 0 Å². The number of hydrogen-bond acceptors (Lipinski definition) is 4. The molecule has 96 valence electrons. The van der Waals surface area contributed by atoms with E-state index in [1.165, 1.54) is 24.4 Å². The molecule has 1 heterocycles. The summed E-state index contributed by atoms with van der Waals surface area (Å²) in [5.41, 5.74) is 6.54. The smallest absolute Gasteiger partial charge is 0.182 e. The lowest BCUT2D eigenvalue weighted by Gasteiger charge is -2.04. The zero-order valence-corrected chi connectivity index (χ0v) is 11.2. The maximum atomic E-state index is 12.1. The quantitative estimate of drug-likeness (QED) is 0.870. The molecule has 0 saturated heterocycles. The Morgan fingerprint density at radius 3 is 2.72 bits per heavy atom. The van der Waals surface area contributed by atoms with Crippen LogP contribution in [0.25, 0.3) is 0 Å². The number of nitrogens with two attached hydrogens (primary N) is 1. The molecule has 7 heteroatoms. The number of benzene rings is 1. The molecule has 0 amide bonds. The van der Waals surface area contributed by atoms with Gasteiger partial charge in [0.1, 0.15) is 0 Å². The minimum atomic E-state index is -3.43. The van der Waals surface area contributed by atoms with Crippen LogP contribution < -0.4 is 5.73 Å². The zero-order valence-electron chi connectivity index (χ0n) is 9.67. The third-order valence-corrected chi connectivity index (χ3v) is 4.46. The van der Waals surface area contributed by atoms with Crippen molar-refractivity contribution < 1.29 is 8.42 Å². The maximum Gasteiger partial charge on any atom is 0.182 e. The van der Waals surface area contributed by atoms with Gasteiger partial charge >= 0.3 is 0 Å². The fourth-order valence-electron chi connectivity index (χ4n) is 1.55. The summed E-state index contributed by atoms with van der Waals surface area (Å²) >= 11 is 5.82. The van der Waals surface area contributed by atoms with Crippen LogP contribution in [0, 0.1) is 0 Å². The van der Waals surface area contributed by atoms with E-state index >= 15 is 0 Å². The minimum absolute atomic E-state index is 0.110. The van der Waals surface area contributed by atoms with Crippen molar-refractivity contribution in [3.05, 3.63) is 41.2 Å². The van der Waals surface area contributed by atoms with Gasteiger partial charge in [0.2, 0.25) is 0 Å². The standard InChI is InChI=1S/C11H12ClN3O2S/c1-15-6-8(5-14-15)7-18(16,17)9-2-3-11(13)10(12)4-9/h2-6H,7,13H2,1H3. The number of sulfone groups is 1. The topological polar surface area (TPSA) is 78.0 Å². The van der Waals surface area contributed by atoms with Crippen LogP contribution in [0.1, 0.15) is 5.56 Å². The monoisotopic (exact) mass is 285 g/mol. The van der Waals surface area contributed by atoms with Gasteiger partial charge in [-0.25, -0.2) is 8.42 Å². The largest absolute Gasteiger partial charge is 0.398 e. The highest BCUT2D eigenvalue weighted by Crippen LogP contribution is 2.24. The highest BCUT2D eigenvalue weighted by Gasteiger charge is 2.17. The molecule has 0 fully saturated rings. The fourth-order valence-corrected chi connectivity index (χ4v) is 3.12. The SMILES string of the molecule is Cn1cc(CS(=O)(=O)c2ccc(N)c(Cl)c2)cn1. The molecule has 0 saturated carbocycles. The van der Waals surface area contributed by atoms with Crippen molar-refractivity contribution in [3.8, 4) is 0 Å². The summed E-state index contributed by atoms with van der Waals surface area (Å²) in [6.45, 7) is 0. The highest BCUT2D eigenvalue weighted by molar-refractivity contribution is 7.90. The summed E-state index contributed by atoms with van der Waals surface area (Å²) in [6, 6.07) is 4.30. The molecule has 0 atom stereocenters. The molecule has 0 spiro atoms. The first kappa shape index (κ1) is 12.9. The molecule has 2 rings (SSSR count). The predicted molar refractivity (Wildman–Crippen MR) is 70.0 cm³/mol. The van der Waals surface area contributed by atoms with Crippen molar-refractivity contribution >= 4 is 27.1 Å². The second kappa shape index (κ2) is 4.62. The van der Waals surface area contributed by atoms with Gasteiger partial charge in [-0.1, -0.05) is 11.6 Å². The normalized spacial score (nSPS) is 11.7. The molecule has 5 nitrogen and oxygen atoms in total. The van der Waals surface area contributed by atoms with E-state index in [-0.39, 0.29) is 15.7 Å². The lowest BCUT2D eigenvalue weighted by atomic mass is 10.3. The number of anilines is 1. The second-order valence-electron chi connectivity index (χ2n) is 3.96. The Labute approximate surface area is 110 Å². The molecular weight excluding hydrogens is 274 g/mol. The molecule has 2 aromatic rings. The first-order chi connectivity index (χ1) is 8.38. The van der Waals surface area contributed by atoms with Crippen LogP contribution in [0.2, 0.25) is 5.02 Å². The third kappa shape index (κ3) is 2.65. The molecular formula is C11H12ClN3O2S. The average Bonchev–Trinajstić information content (AvgIpc) is 2.67. The summed E-state index contributed by atoms with van der Waals surface area (Å²) in [7, 11) is -1.70. The number of aromatic nitrogens is 2. The van der Waals surface area contributed by atoms with Gasteiger partial charge in [-0.3, -0.25) is 4.68 Å². The summed E-state index contributed by atoms with van der Waals surface area (Å²) in [5, 5.41) is 4.17. The summed E-state index contributed by atoms with van der Waals surface area (Å²) in [5.74, 6) is -0.110. The average molecular weight is 286 g/mol. The van der Waals surface area contributed by atoms with E-state index in [1.54, 1.807) is 17.9 Å². The minimum Gasteiger partial charge on any atom is -0.398 e. The van der Waals surface area contributed by atoms with Gasteiger partial charge < -0.3 is 5.73 Å². The Kier molecular flexibility index (Phi) is 3.32. The number of nitrogens with zero attached hydrogens (tertiary/aromatic N) is 2. The van der Waals surface area contributed by atoms with E-state index in [0.29, 0.717) is 11.3 Å². The van der Waals surface area contributed by atoms with Gasteiger partial charge in [0.25, 0.3) is 0 Å². The van der Waals surface area contributed by atoms with Gasteiger partial charge in [-0.05, 0) is 18.2 Å². The summed E-state index contributed by atoms with van der Waals surface area (Å²) in [6.07, 6.45) is 3.19. The molecule has 0 aliphatic rings. The third-order valence-electron chi connectivity index (χ3n) is 2.45. The number of aryl methyl sites for hydroxylation is 1. The van der Waals surface area contributed by atoms with Crippen LogP contribution >= 0.6 is 11.6 Å². The molecule has 0 aliphatic carbocycles. The molecule has 0 radical (unpaired) electrons. The Hall–Kier alpha value is -1.53. The molecule has 2 N–H and O–H groups in total. The van der Waals surface area contributed by atoms with Gasteiger partial charge in [0.05, 0.1) is 27.6 Å². The van der Waals surface area contributed by atoms with Crippen molar-refractivity contribution in [2.24, 2.45) is 7.05 Å². The van der Waals surface area contributed by atoms with Crippen molar-refractivity contribution in [2.45, 2.75) is 10.6 Å². The van der Waals surface area contributed by atoms with E-state index in [4.69, 9.17) is 17.3 Å². The van der Waals surface area contributed by atoms with Crippen LogP contribution in [0.5, 0.6) is 0 Å². The summed E-state index contributed by atoms with van der Waals surface area (Å²) in [4.78, 5) is 0.158. The number of rotatable bonds is 3. The number of halogens is 1. The van der Waals surface area contributed by atoms with Gasteiger partial charge in [-0.2, -0.15) is 5.10 Å². The number of hydrogen-bond donors (Lipinski definition) is 1. The first-order valence-corrected chi connectivity index (χ1v) is 7.17. The van der Waals surface area contributed by atoms with Crippen LogP contribution in [0.15, 0.2) is 35.5 Å². The Morgan fingerprint density at radius 1 is 1.44 bits per heavy atom. The number of nitrogen functional groups attached to an aromatic ring is 1. The van der Waals surface area contributed by atoms with E-state index in [1.807, 2.05) is 0 Å². The van der Waals surface area contributed by atoms with Crippen molar-refractivity contribution in [1.82, 2.24) is 9.78 Å². The predicted octanol–water partition coefficient (Wildman–Crippen LogP) is 1.63. The molecule has 0 unspecified atom stereocenters. The fraction of sp³-hybridized carbons (Fsp3) is 0.182. The van der Waals surface area contributed by atoms with Crippen LogP contribution in [-0.4, -0.2) is 18.2 Å². The molecule has 18 heavy (non-hydrogen) atoms. The second-order valence-corrected chi connectivity index (χ2v) is 6.36. The molecule has 1 aromatic heterocycles. The van der Waals surface area contributed by atoms with Crippen molar-refractivity contribution in [2.75, 3.05) is 5.73 Å². The van der Waals surface area contributed by atoms with Gasteiger partial charge in [0, 0.05) is 18.8 Å². The first-order valence-electron chi connectivity index (χ1n) is 5.14. The maximum absolute atomic E-state index is 12.1. The molecule has 0 aliphatic heterocycles. The Balaban J connectivity index is 2.33. The van der Waals surface area contributed by atoms with E-state index in [2.05, 4.69) is 5.10 Å². The van der Waals surface area contributed by atoms with E-state index < -0.39 is 9.84 Å². The van der Waals surface area contributed by atoms with Gasteiger partial charge in [0.15, 0.2) is 9.84 Å². The molecule has 1 aromatic carbocycles. The Bertz CT molecular complexity index is 679. The van der Waals surface area contributed by atoms with Crippen LogP contribution in [-0.2, 0) is 22.6 Å². The lowest BCUT2D eigenvalue weighted by Crippen LogP contribution is -2.05. The van der Waals surface area contributed by atoms with Gasteiger partial charge in [-0.15, -0.1) is 0 Å². The molecule has 0 bridgehead atoms. The van der Waals surface area contributed by atoms with E-state index in [9.17, 15) is 8.42 Å². The van der Waals surface area contributed by atoms with E-state index in [0.717, 1.165) is 0 Å². The Morgan fingerprint density at radius 2 is 2.17 bits per heavy atom. The highest BCUT2D eigenvalue weighted by atomic mass is 35.5. The zero-order chi connectivity index (χ0) is 13.3. The van der Waals surface area contributed by atoms with Crippen LogP contribution in [0.3, 0.4) is 0 Å². The summed E-state index contributed by atoms with van der Waals surface area (Å²) < 4.78 is 25.8. The van der Waals surface area contributed by atoms with Crippen molar-refractivity contribution in [1.29, 1.82) is 0 Å². The lowest BCUT2D eigenvalue weighted by molar-refractivity contribution is 0.595. The van der Waals surface area contributed by atoms with Crippen LogP contribution in [0.4, 0.5) is 5.69 Å².